The van der Waals surface area contributed by atoms with Crippen LogP contribution in [0.25, 0.3) is 11.3 Å². The third kappa shape index (κ3) is 1.77. The van der Waals surface area contributed by atoms with Gasteiger partial charge < -0.3 is 4.74 Å². The molecule has 0 atom stereocenters. The van der Waals surface area contributed by atoms with Crippen LogP contribution in [0.3, 0.4) is 0 Å². The molecule has 0 radical (unpaired) electrons. The first-order valence-electron chi connectivity index (χ1n) is 5.40. The van der Waals surface area contributed by atoms with Gasteiger partial charge in [-0.25, -0.2) is 13.5 Å². The van der Waals surface area contributed by atoms with Crippen molar-refractivity contribution >= 4 is 0 Å². The van der Waals surface area contributed by atoms with E-state index in [1.165, 1.54) is 12.1 Å². The molecule has 88 valence electrons. The van der Waals surface area contributed by atoms with E-state index >= 15 is 0 Å². The van der Waals surface area contributed by atoms with Crippen molar-refractivity contribution in [3.05, 3.63) is 35.9 Å². The maximum atomic E-state index is 13.6. The largest absolute Gasteiger partial charge is 0.478 e. The summed E-state index contributed by atoms with van der Waals surface area (Å²) >= 11 is 0. The second kappa shape index (κ2) is 3.84. The lowest BCUT2D eigenvalue weighted by atomic mass is 10.1. The summed E-state index contributed by atoms with van der Waals surface area (Å²) in [5.41, 5.74) is 0.760. The van der Waals surface area contributed by atoms with Crippen LogP contribution in [-0.2, 0) is 6.54 Å². The molecule has 0 unspecified atom stereocenters. The summed E-state index contributed by atoms with van der Waals surface area (Å²) in [6, 6.07) is 5.14. The third-order valence-corrected chi connectivity index (χ3v) is 2.71. The molecule has 5 heteroatoms. The van der Waals surface area contributed by atoms with Gasteiger partial charge in [-0.05, 0) is 12.1 Å². The van der Waals surface area contributed by atoms with Crippen LogP contribution in [0.1, 0.15) is 6.42 Å². The highest BCUT2D eigenvalue weighted by atomic mass is 19.1. The molecule has 1 aromatic carbocycles. The minimum Gasteiger partial charge on any atom is -0.478 e. The minimum atomic E-state index is -0.611. The summed E-state index contributed by atoms with van der Waals surface area (Å²) in [6.07, 6.45) is 0.889. The smallest absolute Gasteiger partial charge is 0.212 e. The monoisotopic (exact) mass is 236 g/mol. The van der Waals surface area contributed by atoms with Crippen LogP contribution in [0.2, 0.25) is 0 Å². The predicted molar refractivity (Wildman–Crippen MR) is 57.7 cm³/mol. The van der Waals surface area contributed by atoms with Crippen LogP contribution in [0, 0.1) is 11.6 Å². The molecule has 1 aliphatic heterocycles. The van der Waals surface area contributed by atoms with E-state index in [0.29, 0.717) is 18.2 Å². The summed E-state index contributed by atoms with van der Waals surface area (Å²) < 4.78 is 33.5. The van der Waals surface area contributed by atoms with E-state index in [1.54, 1.807) is 10.7 Å². The van der Waals surface area contributed by atoms with E-state index in [2.05, 4.69) is 5.10 Å². The Balaban J connectivity index is 2.06. The number of hydrogen-bond acceptors (Lipinski definition) is 2. The fourth-order valence-electron chi connectivity index (χ4n) is 1.90. The fourth-order valence-corrected chi connectivity index (χ4v) is 1.90. The van der Waals surface area contributed by atoms with Crippen LogP contribution >= 0.6 is 0 Å². The average molecular weight is 236 g/mol. The van der Waals surface area contributed by atoms with Crippen molar-refractivity contribution in [2.75, 3.05) is 6.61 Å². The van der Waals surface area contributed by atoms with Gasteiger partial charge in [0.1, 0.15) is 11.6 Å². The molecule has 0 spiro atoms. The van der Waals surface area contributed by atoms with E-state index in [0.717, 1.165) is 19.0 Å². The van der Waals surface area contributed by atoms with Crippen molar-refractivity contribution in [2.24, 2.45) is 0 Å². The van der Waals surface area contributed by atoms with Crippen molar-refractivity contribution in [1.82, 2.24) is 9.78 Å². The Kier molecular flexibility index (Phi) is 2.31. The van der Waals surface area contributed by atoms with Gasteiger partial charge in [0.25, 0.3) is 0 Å². The number of aromatic nitrogens is 2. The van der Waals surface area contributed by atoms with Crippen LogP contribution in [0.5, 0.6) is 5.88 Å². The highest BCUT2D eigenvalue weighted by Gasteiger charge is 2.16. The van der Waals surface area contributed by atoms with Gasteiger partial charge in [-0.1, -0.05) is 0 Å². The number of aryl methyl sites for hydroxylation is 1. The van der Waals surface area contributed by atoms with E-state index in [-0.39, 0.29) is 5.56 Å². The van der Waals surface area contributed by atoms with Gasteiger partial charge >= 0.3 is 0 Å². The van der Waals surface area contributed by atoms with Gasteiger partial charge in [-0.2, -0.15) is 5.10 Å². The minimum absolute atomic E-state index is 0.289. The van der Waals surface area contributed by atoms with E-state index in [9.17, 15) is 8.78 Å². The Hall–Kier alpha value is -1.91. The molecule has 1 aromatic heterocycles. The molecule has 3 nitrogen and oxygen atoms in total. The Labute approximate surface area is 96.6 Å². The summed E-state index contributed by atoms with van der Waals surface area (Å²) in [5.74, 6) is -0.568. The predicted octanol–water partition coefficient (Wildman–Crippen LogP) is 2.61. The molecule has 0 saturated heterocycles. The van der Waals surface area contributed by atoms with Crippen molar-refractivity contribution in [1.29, 1.82) is 0 Å². The lowest BCUT2D eigenvalue weighted by Crippen LogP contribution is -2.14. The molecule has 0 fully saturated rings. The number of fused-ring (bicyclic) bond motifs is 1. The van der Waals surface area contributed by atoms with E-state index in [4.69, 9.17) is 4.74 Å². The summed E-state index contributed by atoms with van der Waals surface area (Å²) in [5, 5.41) is 4.24. The van der Waals surface area contributed by atoms with Gasteiger partial charge in [-0.3, -0.25) is 0 Å². The van der Waals surface area contributed by atoms with Gasteiger partial charge in [-0.15, -0.1) is 0 Å². The molecule has 0 aliphatic carbocycles. The maximum Gasteiger partial charge on any atom is 0.212 e. The normalized spacial score (nSPS) is 14.2. The summed E-state index contributed by atoms with van der Waals surface area (Å²) in [7, 11) is 0. The Morgan fingerprint density at radius 2 is 2.12 bits per heavy atom. The number of hydrogen-bond donors (Lipinski definition) is 0. The van der Waals surface area contributed by atoms with Gasteiger partial charge in [0, 0.05) is 30.7 Å². The Morgan fingerprint density at radius 1 is 1.24 bits per heavy atom. The second-order valence-electron chi connectivity index (χ2n) is 3.92. The molecule has 17 heavy (non-hydrogen) atoms. The standard InChI is InChI=1S/C12H10F2N2O/c13-8-2-3-9(10(14)6-8)11-7-12-16(15-11)4-1-5-17-12/h2-3,6-7H,1,4-5H2. The SMILES string of the molecule is Fc1ccc(-c2cc3n(n2)CCCO3)c(F)c1. The van der Waals surface area contributed by atoms with Crippen molar-refractivity contribution in [3.63, 3.8) is 0 Å². The van der Waals surface area contributed by atoms with E-state index in [1.807, 2.05) is 0 Å². The molecule has 2 aromatic rings. The second-order valence-corrected chi connectivity index (χ2v) is 3.92. The zero-order valence-electron chi connectivity index (χ0n) is 8.99. The molecule has 0 saturated carbocycles. The highest BCUT2D eigenvalue weighted by molar-refractivity contribution is 5.61. The molecule has 2 heterocycles. The third-order valence-electron chi connectivity index (χ3n) is 2.71. The number of nitrogens with zero attached hydrogens (tertiary/aromatic N) is 2. The molecule has 0 N–H and O–H groups in total. The van der Waals surface area contributed by atoms with Crippen LogP contribution in [0.4, 0.5) is 8.78 Å². The average Bonchev–Trinajstić information content (AvgIpc) is 2.72. The molecule has 0 amide bonds. The van der Waals surface area contributed by atoms with E-state index < -0.39 is 11.6 Å². The number of halogens is 2. The Bertz CT molecular complexity index is 542. The first-order chi connectivity index (χ1) is 8.24. The molecular weight excluding hydrogens is 226 g/mol. The van der Waals surface area contributed by atoms with Crippen LogP contribution in [0.15, 0.2) is 24.3 Å². The summed E-state index contributed by atoms with van der Waals surface area (Å²) in [6.45, 7) is 1.41. The number of rotatable bonds is 1. The lowest BCUT2D eigenvalue weighted by molar-refractivity contribution is 0.230. The molecule has 1 aliphatic rings. The van der Waals surface area contributed by atoms with Gasteiger partial charge in [0.15, 0.2) is 0 Å². The molecule has 3 rings (SSSR count). The van der Waals surface area contributed by atoms with Crippen molar-refractivity contribution < 1.29 is 13.5 Å². The maximum absolute atomic E-state index is 13.6. The van der Waals surface area contributed by atoms with Crippen molar-refractivity contribution in [2.45, 2.75) is 13.0 Å². The highest BCUT2D eigenvalue weighted by Crippen LogP contribution is 2.27. The Morgan fingerprint density at radius 3 is 2.88 bits per heavy atom. The first-order valence-corrected chi connectivity index (χ1v) is 5.40. The zero-order chi connectivity index (χ0) is 11.8. The number of ether oxygens (including phenoxy) is 1. The molecule has 0 bridgehead atoms. The first kappa shape index (κ1) is 10.3. The van der Waals surface area contributed by atoms with Gasteiger partial charge in [0.05, 0.1) is 12.3 Å². The van der Waals surface area contributed by atoms with Crippen LogP contribution in [-0.4, -0.2) is 16.4 Å². The fraction of sp³-hybridized carbons (Fsp3) is 0.250. The van der Waals surface area contributed by atoms with Gasteiger partial charge in [0.2, 0.25) is 5.88 Å². The summed E-state index contributed by atoms with van der Waals surface area (Å²) in [4.78, 5) is 0. The van der Waals surface area contributed by atoms with Crippen LogP contribution < -0.4 is 4.74 Å². The molecular formula is C12H10F2N2O. The topological polar surface area (TPSA) is 27.1 Å². The lowest BCUT2D eigenvalue weighted by Gasteiger charge is -2.13. The number of benzene rings is 1. The zero-order valence-corrected chi connectivity index (χ0v) is 8.99. The van der Waals surface area contributed by atoms with Crippen molar-refractivity contribution in [3.8, 4) is 17.1 Å². The quantitative estimate of drug-likeness (QED) is 0.761.